The van der Waals surface area contributed by atoms with Gasteiger partial charge in [0, 0.05) is 35.0 Å². The molecule has 0 bridgehead atoms. The quantitative estimate of drug-likeness (QED) is 0.618. The van der Waals surface area contributed by atoms with E-state index in [2.05, 4.69) is 10.4 Å². The number of benzene rings is 2. The first-order valence-corrected chi connectivity index (χ1v) is 13.3. The van der Waals surface area contributed by atoms with E-state index >= 15 is 0 Å². The molecule has 2 aromatic carbocycles. The molecule has 2 aliphatic rings. The maximum absolute atomic E-state index is 13.0. The number of aromatic nitrogens is 2. The molecule has 1 fully saturated rings. The fraction of sp³-hybridized carbons (Fsp3) is 0.273. The molecule has 2 aliphatic heterocycles. The summed E-state index contributed by atoms with van der Waals surface area (Å²) in [5, 5.41) is 7.48. The summed E-state index contributed by atoms with van der Waals surface area (Å²) < 4.78 is 40.6. The zero-order valence-corrected chi connectivity index (χ0v) is 18.9. The Morgan fingerprint density at radius 2 is 1.66 bits per heavy atom. The van der Waals surface area contributed by atoms with Crippen LogP contribution in [0.4, 0.5) is 5.82 Å². The predicted octanol–water partition coefficient (Wildman–Crippen LogP) is 2.67. The molecule has 0 radical (unpaired) electrons. The van der Waals surface area contributed by atoms with Crippen molar-refractivity contribution in [1.29, 1.82) is 0 Å². The molecule has 0 unspecified atom stereocenters. The Labute approximate surface area is 188 Å². The van der Waals surface area contributed by atoms with Gasteiger partial charge < -0.3 is 5.32 Å². The van der Waals surface area contributed by atoms with E-state index in [4.69, 9.17) is 0 Å². The van der Waals surface area contributed by atoms with Crippen LogP contribution in [-0.4, -0.2) is 45.7 Å². The first kappa shape index (κ1) is 21.0. The molecule has 1 N–H and O–H groups in total. The number of nitrogens with one attached hydrogen (secondary N) is 1. The first-order chi connectivity index (χ1) is 15.4. The lowest BCUT2D eigenvalue weighted by Crippen LogP contribution is -2.27. The average Bonchev–Trinajstić information content (AvgIpc) is 3.53. The summed E-state index contributed by atoms with van der Waals surface area (Å²) in [7, 11) is -4.57. The zero-order valence-electron chi connectivity index (χ0n) is 17.2. The van der Waals surface area contributed by atoms with E-state index < -0.39 is 20.8 Å². The lowest BCUT2D eigenvalue weighted by atomic mass is 10.2. The van der Waals surface area contributed by atoms with Gasteiger partial charge in [0.15, 0.2) is 0 Å². The highest BCUT2D eigenvalue weighted by molar-refractivity contribution is 7.89. The van der Waals surface area contributed by atoms with Crippen molar-refractivity contribution >= 4 is 32.5 Å². The Morgan fingerprint density at radius 3 is 2.34 bits per heavy atom. The van der Waals surface area contributed by atoms with Crippen LogP contribution in [-0.2, 0) is 32.3 Å². The number of anilines is 1. The Morgan fingerprint density at radius 1 is 0.969 bits per heavy atom. The van der Waals surface area contributed by atoms with Crippen molar-refractivity contribution in [3.8, 4) is 5.69 Å². The molecule has 5 rings (SSSR count). The molecule has 1 saturated heterocycles. The minimum atomic E-state index is -3.53. The largest absolute Gasteiger partial charge is 0.306 e. The van der Waals surface area contributed by atoms with Gasteiger partial charge in [0.2, 0.25) is 10.0 Å². The molecular formula is C22H22N4O4S2. The summed E-state index contributed by atoms with van der Waals surface area (Å²) in [5.74, 6) is 0.815. The topological polar surface area (TPSA) is 101 Å². The van der Waals surface area contributed by atoms with E-state index in [-0.39, 0.29) is 10.8 Å². The van der Waals surface area contributed by atoms with E-state index in [0.29, 0.717) is 36.0 Å². The number of fused-ring (bicyclic) bond motifs is 1. The summed E-state index contributed by atoms with van der Waals surface area (Å²) in [4.78, 5) is 13.2. The van der Waals surface area contributed by atoms with Crippen molar-refractivity contribution in [2.24, 2.45) is 0 Å². The van der Waals surface area contributed by atoms with Gasteiger partial charge in [-0.05, 0) is 49.2 Å². The van der Waals surface area contributed by atoms with Crippen molar-refractivity contribution in [2.45, 2.75) is 29.2 Å². The summed E-state index contributed by atoms with van der Waals surface area (Å²) >= 11 is 0. The van der Waals surface area contributed by atoms with E-state index in [1.54, 1.807) is 4.68 Å². The van der Waals surface area contributed by atoms with Crippen LogP contribution >= 0.6 is 0 Å². The van der Waals surface area contributed by atoms with Crippen molar-refractivity contribution in [1.82, 2.24) is 14.1 Å². The molecule has 166 valence electrons. The van der Waals surface area contributed by atoms with Crippen LogP contribution < -0.4 is 5.32 Å². The van der Waals surface area contributed by atoms with Crippen LogP contribution in [0.1, 0.15) is 34.5 Å². The third kappa shape index (κ3) is 3.78. The third-order valence-corrected chi connectivity index (χ3v) is 8.84. The molecule has 10 heteroatoms. The number of sulfonamides is 1. The van der Waals surface area contributed by atoms with Gasteiger partial charge in [0.1, 0.15) is 5.82 Å². The molecule has 1 aromatic heterocycles. The molecular weight excluding hydrogens is 448 g/mol. The second-order valence-corrected chi connectivity index (χ2v) is 11.2. The number of rotatable bonds is 5. The number of hydrogen-bond acceptors (Lipinski definition) is 5. The first-order valence-electron chi connectivity index (χ1n) is 10.4. The van der Waals surface area contributed by atoms with E-state index in [1.165, 1.54) is 28.6 Å². The Kier molecular flexibility index (Phi) is 5.44. The van der Waals surface area contributed by atoms with Gasteiger partial charge in [0.05, 0.1) is 27.8 Å². The van der Waals surface area contributed by atoms with Crippen LogP contribution in [0.15, 0.2) is 59.5 Å². The molecule has 8 nitrogen and oxygen atoms in total. The van der Waals surface area contributed by atoms with Gasteiger partial charge in [-0.15, -0.1) is 0 Å². The predicted molar refractivity (Wildman–Crippen MR) is 122 cm³/mol. The summed E-state index contributed by atoms with van der Waals surface area (Å²) in [5.41, 5.74) is 2.61. The summed E-state index contributed by atoms with van der Waals surface area (Å²) in [6.45, 7) is 1.06. The van der Waals surface area contributed by atoms with Crippen molar-refractivity contribution < 1.29 is 17.4 Å². The van der Waals surface area contributed by atoms with Gasteiger partial charge in [-0.25, -0.2) is 13.1 Å². The average molecular weight is 471 g/mol. The van der Waals surface area contributed by atoms with Gasteiger partial charge in [-0.1, -0.05) is 18.2 Å². The van der Waals surface area contributed by atoms with Crippen LogP contribution in [0.5, 0.6) is 0 Å². The third-order valence-electron chi connectivity index (χ3n) is 5.72. The molecule has 32 heavy (non-hydrogen) atoms. The number of carbonyl (C=O) groups is 1. The lowest BCUT2D eigenvalue weighted by molar-refractivity contribution is 0.102. The summed E-state index contributed by atoms with van der Waals surface area (Å²) in [6, 6.07) is 15.4. The summed E-state index contributed by atoms with van der Waals surface area (Å²) in [6.07, 6.45) is 1.73. The van der Waals surface area contributed by atoms with Crippen molar-refractivity contribution in [3.63, 3.8) is 0 Å². The highest BCUT2D eigenvalue weighted by atomic mass is 32.2. The molecule has 0 spiro atoms. The molecule has 1 amide bonds. The molecule has 1 atom stereocenters. The second kappa shape index (κ2) is 8.27. The Balaban J connectivity index is 1.43. The van der Waals surface area contributed by atoms with Crippen LogP contribution in [0.2, 0.25) is 0 Å². The van der Waals surface area contributed by atoms with Crippen LogP contribution in [0.25, 0.3) is 5.69 Å². The highest BCUT2D eigenvalue weighted by Crippen LogP contribution is 2.31. The number of carbonyl (C=O) groups excluding carboxylic acids is 1. The fourth-order valence-corrected chi connectivity index (χ4v) is 6.83. The van der Waals surface area contributed by atoms with Gasteiger partial charge in [-0.3, -0.25) is 9.00 Å². The smallest absolute Gasteiger partial charge is 0.256 e. The standard InChI is InChI=1S/C22H22N4O4S2/c27-22(16-8-10-18(11-9-16)32(29,30)25-12-4-5-13-25)23-21-19-14-31(28)15-20(19)24-26(21)17-6-2-1-3-7-17/h1-3,6-11H,4-5,12-15H2,(H,23,27)/t31-/m1/s1. The van der Waals surface area contributed by atoms with Crippen LogP contribution in [0, 0.1) is 0 Å². The lowest BCUT2D eigenvalue weighted by Gasteiger charge is -2.15. The Hall–Kier alpha value is -2.82. The monoisotopic (exact) mass is 470 g/mol. The SMILES string of the molecule is O=C(Nc1c2c(nn1-c1ccccc1)C[S@](=O)C2)c1ccc(S(=O)(=O)N2CCCC2)cc1. The van der Waals surface area contributed by atoms with Crippen molar-refractivity contribution in [3.05, 3.63) is 71.4 Å². The number of nitrogens with zero attached hydrogens (tertiary/aromatic N) is 3. The molecule has 3 heterocycles. The highest BCUT2D eigenvalue weighted by Gasteiger charge is 2.29. The maximum Gasteiger partial charge on any atom is 0.256 e. The molecule has 0 saturated carbocycles. The molecule has 3 aromatic rings. The minimum Gasteiger partial charge on any atom is -0.306 e. The number of para-hydroxylation sites is 1. The molecule has 0 aliphatic carbocycles. The van der Waals surface area contributed by atoms with E-state index in [0.717, 1.165) is 29.8 Å². The van der Waals surface area contributed by atoms with Crippen molar-refractivity contribution in [2.75, 3.05) is 18.4 Å². The maximum atomic E-state index is 13.0. The minimum absolute atomic E-state index is 0.182. The van der Waals surface area contributed by atoms with Gasteiger partial charge >= 0.3 is 0 Å². The van der Waals surface area contributed by atoms with E-state index in [1.807, 2.05) is 30.3 Å². The van der Waals surface area contributed by atoms with Crippen LogP contribution in [0.3, 0.4) is 0 Å². The second-order valence-electron chi connectivity index (χ2n) is 7.84. The Bertz CT molecular complexity index is 1300. The van der Waals surface area contributed by atoms with Gasteiger partial charge in [0.25, 0.3) is 5.91 Å². The zero-order chi connectivity index (χ0) is 22.3. The van der Waals surface area contributed by atoms with E-state index in [9.17, 15) is 17.4 Å². The van der Waals surface area contributed by atoms with Gasteiger partial charge in [-0.2, -0.15) is 9.40 Å². The fourth-order valence-electron chi connectivity index (χ4n) is 4.05. The normalized spacial score (nSPS) is 18.6. The number of amides is 1. The number of hydrogen-bond donors (Lipinski definition) is 1.